The molecule has 0 atom stereocenters. The first-order valence-electron chi connectivity index (χ1n) is 4.53. The molecule has 0 aliphatic carbocycles. The maximum atomic E-state index is 10.7. The lowest BCUT2D eigenvalue weighted by atomic mass is 10.0. The summed E-state index contributed by atoms with van der Waals surface area (Å²) in [6.07, 6.45) is 2.76. The lowest BCUT2D eigenvalue weighted by molar-refractivity contribution is -0.140. The van der Waals surface area contributed by atoms with Gasteiger partial charge in [0.2, 0.25) is 0 Å². The summed E-state index contributed by atoms with van der Waals surface area (Å²) in [5.74, 6) is -0.248. The van der Waals surface area contributed by atoms with Crippen molar-refractivity contribution in [2.45, 2.75) is 25.7 Å². The van der Waals surface area contributed by atoms with Crippen LogP contribution >= 0.6 is 0 Å². The van der Waals surface area contributed by atoms with Crippen LogP contribution in [-0.4, -0.2) is 36.5 Å². The van der Waals surface area contributed by atoms with Crippen molar-refractivity contribution in [3.63, 3.8) is 0 Å². The molecule has 0 aromatic heterocycles. The van der Waals surface area contributed by atoms with Crippen LogP contribution < -0.4 is 0 Å². The summed E-state index contributed by atoms with van der Waals surface area (Å²) in [5, 5.41) is 17.5. The highest BCUT2D eigenvalue weighted by molar-refractivity contribution is 5.68. The van der Waals surface area contributed by atoms with Crippen molar-refractivity contribution in [1.82, 2.24) is 0 Å². The molecule has 13 heavy (non-hydrogen) atoms. The number of hydrogen-bond donors (Lipinski definition) is 2. The van der Waals surface area contributed by atoms with Crippen LogP contribution in [0.3, 0.4) is 0 Å². The second kappa shape index (κ2) is 8.01. The van der Waals surface area contributed by atoms with Gasteiger partial charge in [-0.1, -0.05) is 6.42 Å². The van der Waals surface area contributed by atoms with E-state index in [2.05, 4.69) is 4.74 Å². The first-order chi connectivity index (χ1) is 6.24. The van der Waals surface area contributed by atoms with Crippen LogP contribution in [0.4, 0.5) is 0 Å². The van der Waals surface area contributed by atoms with Gasteiger partial charge in [0.1, 0.15) is 0 Å². The average Bonchev–Trinajstić information content (AvgIpc) is 2.18. The summed E-state index contributed by atoms with van der Waals surface area (Å²) in [7, 11) is 1.37. The fraction of sp³-hybridized carbons (Fsp3) is 0.889. The van der Waals surface area contributed by atoms with Crippen LogP contribution in [0.5, 0.6) is 0 Å². The van der Waals surface area contributed by atoms with E-state index in [1.54, 1.807) is 0 Å². The van der Waals surface area contributed by atoms with E-state index in [0.29, 0.717) is 6.42 Å². The molecule has 0 spiro atoms. The average molecular weight is 190 g/mol. The molecule has 4 nitrogen and oxygen atoms in total. The van der Waals surface area contributed by atoms with Crippen molar-refractivity contribution in [3.05, 3.63) is 0 Å². The zero-order valence-electron chi connectivity index (χ0n) is 8.03. The molecule has 0 saturated heterocycles. The highest BCUT2D eigenvalue weighted by Crippen LogP contribution is 2.08. The maximum absolute atomic E-state index is 10.7. The molecule has 0 aliphatic rings. The Morgan fingerprint density at radius 2 is 1.92 bits per heavy atom. The largest absolute Gasteiger partial charge is 0.469 e. The molecule has 2 N–H and O–H groups in total. The van der Waals surface area contributed by atoms with Crippen molar-refractivity contribution in [3.8, 4) is 0 Å². The molecule has 0 aromatic carbocycles. The van der Waals surface area contributed by atoms with Gasteiger partial charge in [-0.05, 0) is 12.8 Å². The lowest BCUT2D eigenvalue weighted by Crippen LogP contribution is -2.11. The molecule has 0 aromatic rings. The minimum Gasteiger partial charge on any atom is -0.469 e. The van der Waals surface area contributed by atoms with Crippen LogP contribution in [0.2, 0.25) is 0 Å². The molecule has 0 bridgehead atoms. The van der Waals surface area contributed by atoms with Gasteiger partial charge in [0, 0.05) is 25.6 Å². The molecule has 0 aliphatic heterocycles. The second-order valence-electron chi connectivity index (χ2n) is 3.05. The number of aliphatic hydroxyl groups excluding tert-OH is 2. The van der Waals surface area contributed by atoms with Gasteiger partial charge in [0.25, 0.3) is 0 Å². The van der Waals surface area contributed by atoms with Gasteiger partial charge < -0.3 is 14.9 Å². The van der Waals surface area contributed by atoms with Gasteiger partial charge in [-0.3, -0.25) is 4.79 Å². The Balaban J connectivity index is 3.28. The van der Waals surface area contributed by atoms with Crippen molar-refractivity contribution >= 4 is 5.97 Å². The van der Waals surface area contributed by atoms with Crippen molar-refractivity contribution in [2.24, 2.45) is 5.92 Å². The minimum absolute atomic E-state index is 0.00865. The molecular weight excluding hydrogens is 172 g/mol. The van der Waals surface area contributed by atoms with Gasteiger partial charge in [0.05, 0.1) is 7.11 Å². The highest BCUT2D eigenvalue weighted by atomic mass is 16.5. The van der Waals surface area contributed by atoms with Crippen LogP contribution in [0.25, 0.3) is 0 Å². The number of esters is 1. The molecule has 0 unspecified atom stereocenters. The summed E-state index contributed by atoms with van der Waals surface area (Å²) in [6.45, 7) is 0.0173. The van der Waals surface area contributed by atoms with Gasteiger partial charge in [-0.2, -0.15) is 0 Å². The number of hydrogen-bond acceptors (Lipinski definition) is 4. The quantitative estimate of drug-likeness (QED) is 0.448. The van der Waals surface area contributed by atoms with Crippen molar-refractivity contribution in [1.29, 1.82) is 0 Å². The fourth-order valence-electron chi connectivity index (χ4n) is 1.04. The summed E-state index contributed by atoms with van der Waals surface area (Å²) in [4.78, 5) is 10.7. The Kier molecular flexibility index (Phi) is 7.63. The Bertz CT molecular complexity index is 132. The Hall–Kier alpha value is -0.610. The van der Waals surface area contributed by atoms with Gasteiger partial charge in [0.15, 0.2) is 0 Å². The third-order valence-electron chi connectivity index (χ3n) is 1.99. The van der Waals surface area contributed by atoms with E-state index in [1.807, 2.05) is 0 Å². The van der Waals surface area contributed by atoms with E-state index in [-0.39, 0.29) is 25.1 Å². The number of ether oxygens (including phenoxy) is 1. The molecule has 0 saturated carbocycles. The van der Waals surface area contributed by atoms with E-state index in [1.165, 1.54) is 7.11 Å². The topological polar surface area (TPSA) is 66.8 Å². The molecule has 0 rings (SSSR count). The van der Waals surface area contributed by atoms with Crippen molar-refractivity contribution < 1.29 is 19.7 Å². The third-order valence-corrected chi connectivity index (χ3v) is 1.99. The fourth-order valence-corrected chi connectivity index (χ4v) is 1.04. The number of unbranched alkanes of at least 4 members (excludes halogenated alkanes) is 1. The van der Waals surface area contributed by atoms with Crippen LogP contribution in [0.15, 0.2) is 0 Å². The van der Waals surface area contributed by atoms with Crippen LogP contribution in [0.1, 0.15) is 25.7 Å². The summed E-state index contributed by atoms with van der Waals surface area (Å²) < 4.78 is 4.47. The minimum atomic E-state index is -0.204. The molecule has 78 valence electrons. The molecule has 0 radical (unpaired) electrons. The highest BCUT2D eigenvalue weighted by Gasteiger charge is 2.06. The zero-order valence-corrected chi connectivity index (χ0v) is 8.03. The number of methoxy groups -OCH3 is 1. The van der Waals surface area contributed by atoms with Gasteiger partial charge in [-0.15, -0.1) is 0 Å². The first-order valence-corrected chi connectivity index (χ1v) is 4.53. The van der Waals surface area contributed by atoms with Gasteiger partial charge >= 0.3 is 5.97 Å². The van der Waals surface area contributed by atoms with E-state index in [9.17, 15) is 4.79 Å². The maximum Gasteiger partial charge on any atom is 0.305 e. The van der Waals surface area contributed by atoms with E-state index < -0.39 is 0 Å². The number of carbonyl (C=O) groups is 1. The Labute approximate surface area is 78.5 Å². The third kappa shape index (κ3) is 6.54. The van der Waals surface area contributed by atoms with E-state index in [0.717, 1.165) is 19.3 Å². The monoisotopic (exact) mass is 190 g/mol. The standard InChI is InChI=1S/C9H18O4/c1-13-9(12)5-3-2-4-8(6-10)7-11/h8,10-11H,2-7H2,1H3. The van der Waals surface area contributed by atoms with E-state index in [4.69, 9.17) is 10.2 Å². The predicted octanol–water partition coefficient (Wildman–Crippen LogP) is 0.321. The Morgan fingerprint density at radius 1 is 1.31 bits per heavy atom. The van der Waals surface area contributed by atoms with Gasteiger partial charge in [-0.25, -0.2) is 0 Å². The number of rotatable bonds is 7. The SMILES string of the molecule is COC(=O)CCCCC(CO)CO. The number of aliphatic hydroxyl groups is 2. The van der Waals surface area contributed by atoms with E-state index >= 15 is 0 Å². The second-order valence-corrected chi connectivity index (χ2v) is 3.05. The summed E-state index contributed by atoms with van der Waals surface area (Å²) in [6, 6.07) is 0. The normalized spacial score (nSPS) is 10.5. The lowest BCUT2D eigenvalue weighted by Gasteiger charge is -2.09. The molecular formula is C9H18O4. The zero-order chi connectivity index (χ0) is 10.1. The summed E-state index contributed by atoms with van der Waals surface area (Å²) in [5.41, 5.74) is 0. The molecule has 0 heterocycles. The molecule has 0 amide bonds. The summed E-state index contributed by atoms with van der Waals surface area (Å²) >= 11 is 0. The Morgan fingerprint density at radius 3 is 2.38 bits per heavy atom. The van der Waals surface area contributed by atoms with Crippen LogP contribution in [0, 0.1) is 5.92 Å². The molecule has 4 heteroatoms. The smallest absolute Gasteiger partial charge is 0.305 e. The number of carbonyl (C=O) groups excluding carboxylic acids is 1. The van der Waals surface area contributed by atoms with Crippen LogP contribution in [-0.2, 0) is 9.53 Å². The van der Waals surface area contributed by atoms with Crippen molar-refractivity contribution in [2.75, 3.05) is 20.3 Å². The molecule has 0 fully saturated rings. The predicted molar refractivity (Wildman–Crippen MR) is 48.1 cm³/mol. The first kappa shape index (κ1) is 12.4.